The van der Waals surface area contributed by atoms with E-state index >= 15 is 0 Å². The van der Waals surface area contributed by atoms with Crippen molar-refractivity contribution in [3.05, 3.63) is 36.5 Å². The van der Waals surface area contributed by atoms with Crippen LogP contribution in [0.1, 0.15) is 277 Å². The molecule has 1 N–H and O–H groups in total. The van der Waals surface area contributed by atoms with Gasteiger partial charge in [0, 0.05) is 13.0 Å². The van der Waals surface area contributed by atoms with Crippen LogP contribution in [0, 0.1) is 0 Å². The van der Waals surface area contributed by atoms with Crippen molar-refractivity contribution in [1.29, 1.82) is 0 Å². The van der Waals surface area contributed by atoms with E-state index in [1.807, 2.05) is 0 Å². The number of ether oxygens (including phenoxy) is 2. The molecule has 0 aromatic heterocycles. The standard InChI is InChI=1S/C54H102O4/c1-3-5-7-9-11-13-15-17-19-21-23-25-26-27-28-30-32-34-36-38-40-42-44-46-48-50-57-52-53(51-55)58-54(56)49-47-45-43-41-39-37-35-33-31-29-24-22-20-18-16-14-12-10-8-6-4-2/h16,18,22,24,31,33,53,55H,3-15,17,19-21,23,25-30,32,34-52H2,1-2H3/b18-16-,24-22-,33-31-. The van der Waals surface area contributed by atoms with Crippen molar-refractivity contribution in [3.8, 4) is 0 Å². The van der Waals surface area contributed by atoms with Gasteiger partial charge in [-0.05, 0) is 51.4 Å². The zero-order chi connectivity index (χ0) is 41.9. The molecule has 0 saturated heterocycles. The van der Waals surface area contributed by atoms with Crippen LogP contribution in [0.4, 0.5) is 0 Å². The molecular formula is C54H102O4. The van der Waals surface area contributed by atoms with Gasteiger partial charge in [0.05, 0.1) is 13.2 Å². The fourth-order valence-electron chi connectivity index (χ4n) is 7.81. The molecule has 0 aliphatic rings. The Kier molecular flexibility index (Phi) is 50.5. The third-order valence-electron chi connectivity index (χ3n) is 11.7. The van der Waals surface area contributed by atoms with E-state index in [-0.39, 0.29) is 12.6 Å². The SMILES string of the molecule is CCCCCCC/C=C\C/C=C\C/C=C\CCCCCCCCC(=O)OC(CO)COCCCCCCCCCCCCCCCCCCCCCCCCCCC. The normalized spacial score (nSPS) is 12.5. The van der Waals surface area contributed by atoms with Gasteiger partial charge in [-0.2, -0.15) is 0 Å². The number of carbonyl (C=O) groups excluding carboxylic acids is 1. The van der Waals surface area contributed by atoms with Crippen molar-refractivity contribution in [2.24, 2.45) is 0 Å². The highest BCUT2D eigenvalue weighted by Gasteiger charge is 2.13. The van der Waals surface area contributed by atoms with Gasteiger partial charge in [-0.25, -0.2) is 0 Å². The molecule has 342 valence electrons. The number of rotatable bonds is 49. The Morgan fingerprint density at radius 2 is 0.724 bits per heavy atom. The topological polar surface area (TPSA) is 55.8 Å². The summed E-state index contributed by atoms with van der Waals surface area (Å²) in [7, 11) is 0. The average molecular weight is 815 g/mol. The van der Waals surface area contributed by atoms with Crippen LogP contribution in [0.2, 0.25) is 0 Å². The molecule has 0 rings (SSSR count). The fraction of sp³-hybridized carbons (Fsp3) is 0.870. The Labute approximate surface area is 363 Å². The first-order valence-electron chi connectivity index (χ1n) is 26.1. The molecule has 0 aromatic rings. The minimum absolute atomic E-state index is 0.174. The predicted octanol–water partition coefficient (Wildman–Crippen LogP) is 17.6. The lowest BCUT2D eigenvalue weighted by Gasteiger charge is -2.16. The van der Waals surface area contributed by atoms with Gasteiger partial charge >= 0.3 is 5.97 Å². The van der Waals surface area contributed by atoms with Crippen molar-refractivity contribution in [3.63, 3.8) is 0 Å². The molecule has 0 aliphatic heterocycles. The highest BCUT2D eigenvalue weighted by atomic mass is 16.6. The zero-order valence-corrected chi connectivity index (χ0v) is 39.3. The fourth-order valence-corrected chi connectivity index (χ4v) is 7.81. The van der Waals surface area contributed by atoms with Crippen LogP contribution in [0.3, 0.4) is 0 Å². The molecule has 0 spiro atoms. The molecule has 0 saturated carbocycles. The molecule has 0 aromatic carbocycles. The molecule has 1 atom stereocenters. The molecule has 0 heterocycles. The van der Waals surface area contributed by atoms with Gasteiger partial charge in [0.1, 0.15) is 6.10 Å². The summed E-state index contributed by atoms with van der Waals surface area (Å²) in [5.74, 6) is -0.208. The summed E-state index contributed by atoms with van der Waals surface area (Å²) in [5, 5.41) is 9.65. The van der Waals surface area contributed by atoms with Gasteiger partial charge < -0.3 is 14.6 Å². The maximum absolute atomic E-state index is 12.3. The van der Waals surface area contributed by atoms with Crippen LogP contribution < -0.4 is 0 Å². The first kappa shape index (κ1) is 56.6. The number of unbranched alkanes of at least 4 members (excludes halogenated alkanes) is 35. The quantitative estimate of drug-likeness (QED) is 0.0378. The van der Waals surface area contributed by atoms with Crippen LogP contribution in [-0.2, 0) is 14.3 Å². The number of esters is 1. The maximum atomic E-state index is 12.3. The third kappa shape index (κ3) is 49.0. The Bertz CT molecular complexity index is 863. The molecule has 4 heteroatoms. The highest BCUT2D eigenvalue weighted by Crippen LogP contribution is 2.16. The molecule has 4 nitrogen and oxygen atoms in total. The van der Waals surface area contributed by atoms with Crippen LogP contribution >= 0.6 is 0 Å². The maximum Gasteiger partial charge on any atom is 0.306 e. The highest BCUT2D eigenvalue weighted by molar-refractivity contribution is 5.69. The second-order valence-electron chi connectivity index (χ2n) is 17.6. The molecule has 0 fully saturated rings. The number of aliphatic hydroxyl groups is 1. The zero-order valence-electron chi connectivity index (χ0n) is 39.3. The monoisotopic (exact) mass is 815 g/mol. The van der Waals surface area contributed by atoms with Crippen molar-refractivity contribution >= 4 is 5.97 Å². The molecule has 58 heavy (non-hydrogen) atoms. The molecule has 0 radical (unpaired) electrons. The Balaban J connectivity index is 3.39. The van der Waals surface area contributed by atoms with E-state index in [4.69, 9.17) is 9.47 Å². The lowest BCUT2D eigenvalue weighted by Crippen LogP contribution is -2.27. The van der Waals surface area contributed by atoms with E-state index in [9.17, 15) is 9.90 Å². The van der Waals surface area contributed by atoms with E-state index in [0.717, 1.165) is 44.9 Å². The average Bonchev–Trinajstić information content (AvgIpc) is 3.23. The first-order valence-corrected chi connectivity index (χ1v) is 26.1. The summed E-state index contributed by atoms with van der Waals surface area (Å²) in [6.07, 6.45) is 66.7. The van der Waals surface area contributed by atoms with Crippen molar-refractivity contribution in [2.75, 3.05) is 19.8 Å². The Morgan fingerprint density at radius 1 is 0.414 bits per heavy atom. The van der Waals surface area contributed by atoms with E-state index in [0.29, 0.717) is 19.6 Å². The molecular weight excluding hydrogens is 713 g/mol. The van der Waals surface area contributed by atoms with E-state index < -0.39 is 6.10 Å². The largest absolute Gasteiger partial charge is 0.457 e. The number of carbonyl (C=O) groups is 1. The summed E-state index contributed by atoms with van der Waals surface area (Å²) >= 11 is 0. The van der Waals surface area contributed by atoms with Gasteiger partial charge in [0.2, 0.25) is 0 Å². The number of hydrogen-bond acceptors (Lipinski definition) is 4. The smallest absolute Gasteiger partial charge is 0.306 e. The Morgan fingerprint density at radius 3 is 1.09 bits per heavy atom. The first-order chi connectivity index (χ1) is 28.7. The summed E-state index contributed by atoms with van der Waals surface area (Å²) in [5.41, 5.74) is 0. The van der Waals surface area contributed by atoms with Crippen LogP contribution in [0.5, 0.6) is 0 Å². The van der Waals surface area contributed by atoms with Crippen molar-refractivity contribution in [2.45, 2.75) is 283 Å². The van der Waals surface area contributed by atoms with E-state index in [2.05, 4.69) is 50.3 Å². The van der Waals surface area contributed by atoms with Crippen LogP contribution in [0.15, 0.2) is 36.5 Å². The lowest BCUT2D eigenvalue weighted by molar-refractivity contribution is -0.154. The van der Waals surface area contributed by atoms with E-state index in [1.54, 1.807) is 0 Å². The van der Waals surface area contributed by atoms with Crippen LogP contribution in [0.25, 0.3) is 0 Å². The van der Waals surface area contributed by atoms with E-state index in [1.165, 1.54) is 212 Å². The summed E-state index contributed by atoms with van der Waals surface area (Å²) in [6.45, 7) is 5.37. The van der Waals surface area contributed by atoms with Crippen molar-refractivity contribution in [1.82, 2.24) is 0 Å². The van der Waals surface area contributed by atoms with Crippen molar-refractivity contribution < 1.29 is 19.4 Å². The molecule has 0 bridgehead atoms. The minimum atomic E-state index is -0.540. The number of allylic oxidation sites excluding steroid dienone is 6. The second kappa shape index (κ2) is 51.8. The van der Waals surface area contributed by atoms with Gasteiger partial charge in [-0.3, -0.25) is 4.79 Å². The summed E-state index contributed by atoms with van der Waals surface area (Å²) in [4.78, 5) is 12.3. The third-order valence-corrected chi connectivity index (χ3v) is 11.7. The van der Waals surface area contributed by atoms with Gasteiger partial charge in [0.25, 0.3) is 0 Å². The van der Waals surface area contributed by atoms with Gasteiger partial charge in [0.15, 0.2) is 0 Å². The predicted molar refractivity (Wildman–Crippen MR) is 256 cm³/mol. The van der Waals surface area contributed by atoms with Gasteiger partial charge in [-0.1, -0.05) is 256 Å². The van der Waals surface area contributed by atoms with Crippen LogP contribution in [-0.4, -0.2) is 37.0 Å². The number of aliphatic hydroxyl groups excluding tert-OH is 1. The number of hydrogen-bond donors (Lipinski definition) is 1. The van der Waals surface area contributed by atoms with Gasteiger partial charge in [-0.15, -0.1) is 0 Å². The summed E-state index contributed by atoms with van der Waals surface area (Å²) < 4.78 is 11.2. The second-order valence-corrected chi connectivity index (χ2v) is 17.6. The lowest BCUT2D eigenvalue weighted by atomic mass is 10.0. The minimum Gasteiger partial charge on any atom is -0.457 e. The Hall–Kier alpha value is -1.39. The molecule has 1 unspecified atom stereocenters. The molecule has 0 amide bonds. The summed E-state index contributed by atoms with van der Waals surface area (Å²) in [6, 6.07) is 0. The molecule has 0 aliphatic carbocycles.